The first-order valence-corrected chi connectivity index (χ1v) is 7.45. The van der Waals surface area contributed by atoms with Gasteiger partial charge in [-0.25, -0.2) is 9.97 Å². The van der Waals surface area contributed by atoms with E-state index < -0.39 is 0 Å². The lowest BCUT2D eigenvalue weighted by atomic mass is 9.82. The van der Waals surface area contributed by atoms with Gasteiger partial charge in [0.05, 0.1) is 11.2 Å². The zero-order chi connectivity index (χ0) is 12.4. The van der Waals surface area contributed by atoms with Crippen molar-refractivity contribution in [2.75, 3.05) is 18.1 Å². The summed E-state index contributed by atoms with van der Waals surface area (Å²) in [5, 5.41) is 0. The first-order chi connectivity index (χ1) is 8.79. The van der Waals surface area contributed by atoms with Crippen molar-refractivity contribution < 1.29 is 9.53 Å². The van der Waals surface area contributed by atoms with Crippen LogP contribution in [0, 0.1) is 5.92 Å². The van der Waals surface area contributed by atoms with E-state index in [4.69, 9.17) is 4.74 Å². The van der Waals surface area contributed by atoms with Crippen molar-refractivity contribution in [2.45, 2.75) is 24.9 Å². The predicted octanol–water partition coefficient (Wildman–Crippen LogP) is 1.96. The number of ether oxygens (including phenoxy) is 1. The Labute approximate surface area is 111 Å². The minimum Gasteiger partial charge on any atom is -0.374 e. The molecule has 0 aliphatic carbocycles. The molecule has 2 fully saturated rings. The molecule has 2 aliphatic heterocycles. The summed E-state index contributed by atoms with van der Waals surface area (Å²) in [5.41, 5.74) is 0.587. The van der Waals surface area contributed by atoms with Crippen LogP contribution < -0.4 is 0 Å². The summed E-state index contributed by atoms with van der Waals surface area (Å²) in [6.07, 6.45) is 7.43. The molecule has 18 heavy (non-hydrogen) atoms. The number of carbonyl (C=O) groups is 1. The van der Waals surface area contributed by atoms with Crippen molar-refractivity contribution in [3.63, 3.8) is 0 Å². The summed E-state index contributed by atoms with van der Waals surface area (Å²) in [7, 11) is 0. The van der Waals surface area contributed by atoms with Crippen molar-refractivity contribution in [1.29, 1.82) is 0 Å². The summed E-state index contributed by atoms with van der Waals surface area (Å²) in [6.45, 7) is 0.699. The van der Waals surface area contributed by atoms with Crippen LogP contribution in [0.2, 0.25) is 0 Å². The normalized spacial score (nSPS) is 31.7. The van der Waals surface area contributed by atoms with Crippen LogP contribution in [-0.4, -0.2) is 39.5 Å². The Hall–Kier alpha value is -0.940. The van der Waals surface area contributed by atoms with E-state index in [1.807, 2.05) is 11.8 Å². The fourth-order valence-corrected chi connectivity index (χ4v) is 4.16. The Morgan fingerprint density at radius 3 is 3.00 bits per heavy atom. The number of thioether (sulfide) groups is 1. The first-order valence-electron chi connectivity index (χ1n) is 6.30. The molecule has 1 spiro atoms. The van der Waals surface area contributed by atoms with Crippen LogP contribution in [0.25, 0.3) is 0 Å². The van der Waals surface area contributed by atoms with Gasteiger partial charge >= 0.3 is 0 Å². The molecule has 1 aromatic rings. The molecule has 2 saturated heterocycles. The van der Waals surface area contributed by atoms with E-state index in [0.29, 0.717) is 12.2 Å². The molecule has 0 amide bonds. The van der Waals surface area contributed by atoms with Crippen molar-refractivity contribution >= 4 is 17.5 Å². The van der Waals surface area contributed by atoms with Crippen molar-refractivity contribution in [1.82, 2.24) is 9.97 Å². The third kappa shape index (κ3) is 2.29. The summed E-state index contributed by atoms with van der Waals surface area (Å²) in [5.74, 6) is 2.43. The number of rotatable bonds is 2. The Morgan fingerprint density at radius 2 is 2.28 bits per heavy atom. The Balaban J connectivity index is 1.74. The van der Waals surface area contributed by atoms with Crippen LogP contribution in [0.5, 0.6) is 0 Å². The van der Waals surface area contributed by atoms with E-state index in [9.17, 15) is 4.79 Å². The van der Waals surface area contributed by atoms with E-state index in [-0.39, 0.29) is 17.3 Å². The summed E-state index contributed by atoms with van der Waals surface area (Å²) in [6, 6.07) is 0. The number of Topliss-reactive ketones (excluding diaryl/α,β-unsaturated/α-hetero) is 1. The summed E-state index contributed by atoms with van der Waals surface area (Å²) in [4.78, 5) is 20.2. The van der Waals surface area contributed by atoms with Crippen LogP contribution in [0.4, 0.5) is 0 Å². The third-order valence-electron chi connectivity index (χ3n) is 3.78. The second-order valence-corrected chi connectivity index (χ2v) is 6.12. The molecular weight excluding hydrogens is 248 g/mol. The second kappa shape index (κ2) is 4.97. The summed E-state index contributed by atoms with van der Waals surface area (Å²) >= 11 is 1.93. The third-order valence-corrected chi connectivity index (χ3v) is 5.00. The standard InChI is InChI=1S/C13H16N2O2S/c16-12(11-6-14-9-15-7-11)10-1-3-17-13(5-10)2-4-18-8-13/h6-7,9-10H,1-5,8H2. The highest BCUT2D eigenvalue weighted by Crippen LogP contribution is 2.41. The van der Waals surface area contributed by atoms with Gasteiger partial charge in [0.25, 0.3) is 0 Å². The molecule has 3 rings (SSSR count). The Bertz CT molecular complexity index is 432. The lowest BCUT2D eigenvalue weighted by Gasteiger charge is -2.37. The fourth-order valence-electron chi connectivity index (χ4n) is 2.78. The van der Waals surface area contributed by atoms with Crippen LogP contribution in [0.1, 0.15) is 29.6 Å². The lowest BCUT2D eigenvalue weighted by Crippen LogP contribution is -2.42. The fraction of sp³-hybridized carbons (Fsp3) is 0.615. The van der Waals surface area contributed by atoms with Gasteiger partial charge in [-0.05, 0) is 25.0 Å². The van der Waals surface area contributed by atoms with Gasteiger partial charge in [0.1, 0.15) is 6.33 Å². The number of hydrogen-bond donors (Lipinski definition) is 0. The van der Waals surface area contributed by atoms with Crippen molar-refractivity contribution in [3.05, 3.63) is 24.3 Å². The Kier molecular flexibility index (Phi) is 3.35. The SMILES string of the molecule is O=C(c1cncnc1)C1CCOC2(CCSC2)C1. The van der Waals surface area contributed by atoms with Crippen molar-refractivity contribution in [2.24, 2.45) is 5.92 Å². The molecule has 0 N–H and O–H groups in total. The van der Waals surface area contributed by atoms with Gasteiger partial charge in [0.15, 0.2) is 5.78 Å². The molecule has 1 aromatic heterocycles. The highest BCUT2D eigenvalue weighted by atomic mass is 32.2. The monoisotopic (exact) mass is 264 g/mol. The maximum atomic E-state index is 12.4. The van der Waals surface area contributed by atoms with Gasteiger partial charge in [-0.2, -0.15) is 11.8 Å². The predicted molar refractivity (Wildman–Crippen MR) is 69.7 cm³/mol. The first kappa shape index (κ1) is 12.1. The number of carbonyl (C=O) groups excluding carboxylic acids is 1. The molecule has 0 saturated carbocycles. The smallest absolute Gasteiger partial charge is 0.169 e. The number of hydrogen-bond acceptors (Lipinski definition) is 5. The number of nitrogens with zero attached hydrogens (tertiary/aromatic N) is 2. The molecule has 0 radical (unpaired) electrons. The molecule has 3 heterocycles. The molecular formula is C13H16N2O2S. The van der Waals surface area contributed by atoms with Gasteiger partial charge in [-0.3, -0.25) is 4.79 Å². The minimum absolute atomic E-state index is 0.0428. The quantitative estimate of drug-likeness (QED) is 0.764. The van der Waals surface area contributed by atoms with E-state index in [1.165, 1.54) is 6.33 Å². The molecule has 0 bridgehead atoms. The zero-order valence-corrected chi connectivity index (χ0v) is 11.0. The number of ketones is 1. The lowest BCUT2D eigenvalue weighted by molar-refractivity contribution is -0.0734. The zero-order valence-electron chi connectivity index (χ0n) is 10.2. The van der Waals surface area contributed by atoms with Crippen molar-refractivity contribution in [3.8, 4) is 0 Å². The van der Waals surface area contributed by atoms with Gasteiger partial charge < -0.3 is 4.74 Å². The van der Waals surface area contributed by atoms with Crippen LogP contribution in [0.3, 0.4) is 0 Å². The second-order valence-electron chi connectivity index (χ2n) is 5.02. The van der Waals surface area contributed by atoms with E-state index in [2.05, 4.69) is 9.97 Å². The highest BCUT2D eigenvalue weighted by molar-refractivity contribution is 7.99. The molecule has 5 heteroatoms. The van der Waals surface area contributed by atoms with Gasteiger partial charge in [0, 0.05) is 30.7 Å². The average molecular weight is 264 g/mol. The maximum absolute atomic E-state index is 12.4. The maximum Gasteiger partial charge on any atom is 0.169 e. The highest BCUT2D eigenvalue weighted by Gasteiger charge is 2.42. The molecule has 4 nitrogen and oxygen atoms in total. The van der Waals surface area contributed by atoms with Gasteiger partial charge in [-0.15, -0.1) is 0 Å². The number of aromatic nitrogens is 2. The topological polar surface area (TPSA) is 52.1 Å². The van der Waals surface area contributed by atoms with E-state index in [1.54, 1.807) is 12.4 Å². The molecule has 2 aliphatic rings. The van der Waals surface area contributed by atoms with Crippen LogP contribution >= 0.6 is 11.8 Å². The molecule has 96 valence electrons. The largest absolute Gasteiger partial charge is 0.374 e. The van der Waals surface area contributed by atoms with E-state index >= 15 is 0 Å². The summed E-state index contributed by atoms with van der Waals surface area (Å²) < 4.78 is 5.94. The average Bonchev–Trinajstić information content (AvgIpc) is 2.87. The van der Waals surface area contributed by atoms with Crippen LogP contribution in [0.15, 0.2) is 18.7 Å². The minimum atomic E-state index is -0.0428. The van der Waals surface area contributed by atoms with Crippen LogP contribution in [-0.2, 0) is 4.74 Å². The molecule has 2 atom stereocenters. The van der Waals surface area contributed by atoms with E-state index in [0.717, 1.165) is 30.8 Å². The van der Waals surface area contributed by atoms with Gasteiger partial charge in [0.2, 0.25) is 0 Å². The molecule has 0 aromatic carbocycles. The molecule has 2 unspecified atom stereocenters. The van der Waals surface area contributed by atoms with Gasteiger partial charge in [-0.1, -0.05) is 0 Å². The Morgan fingerprint density at radius 1 is 1.44 bits per heavy atom.